The Balaban J connectivity index is -0.000000375. The smallest absolute Gasteiger partial charge is 1.00 e. The van der Waals surface area contributed by atoms with E-state index in [0.29, 0.717) is 29.8 Å². The van der Waals surface area contributed by atoms with Crippen molar-refractivity contribution in [3.8, 4) is 29.8 Å². The van der Waals surface area contributed by atoms with Crippen LogP contribution in [0.2, 0.25) is 0 Å². The molecule has 0 unspecified atom stereocenters. The standard InChI is InChI=1S/6CN.Fe.NO2.3Na/c6*1-2;;2-1-3;;;/q;;;;;;-3;;3*+1. The van der Waals surface area contributed by atoms with Crippen LogP contribution < -0.4 is 88.7 Å². The fraction of sp³-hybridized carbons (Fsp3) is 0. The molecule has 0 radical (unpaired) electrons. The quantitative estimate of drug-likeness (QED) is 0.258. The summed E-state index contributed by atoms with van der Waals surface area (Å²) in [6.07, 6.45) is 0. The average Bonchev–Trinajstić information content (AvgIpc) is 2.37. The van der Waals surface area contributed by atoms with Crippen molar-refractivity contribution in [2.45, 2.75) is 0 Å². The van der Waals surface area contributed by atoms with Gasteiger partial charge in [-0.1, -0.05) is 0 Å². The molecule has 0 aliphatic carbocycles. The second-order valence-electron chi connectivity index (χ2n) is 2.48. The Hall–Kier alpha value is -0.141. The van der Waals surface area contributed by atoms with E-state index in [1.54, 1.807) is 0 Å². The van der Waals surface area contributed by atoms with Crippen molar-refractivity contribution in [3.05, 3.63) is 10.1 Å². The van der Waals surface area contributed by atoms with Crippen molar-refractivity contribution in [3.63, 3.8) is 0 Å². The second-order valence-corrected chi connectivity index (χ2v) is 9.98. The molecule has 0 saturated heterocycles. The van der Waals surface area contributed by atoms with Gasteiger partial charge in [-0.2, -0.15) is 0 Å². The number of nitriles is 6. The summed E-state index contributed by atoms with van der Waals surface area (Å²) in [5.41, 5.74) is 0. The summed E-state index contributed by atoms with van der Waals surface area (Å²) in [6.45, 7) is 0. The van der Waals surface area contributed by atoms with Gasteiger partial charge < -0.3 is 0 Å². The van der Waals surface area contributed by atoms with Gasteiger partial charge in [0.15, 0.2) is 0 Å². The Kier molecular flexibility index (Phi) is 8.16. The first kappa shape index (κ1) is 27.2. The third kappa shape index (κ3) is 1.96. The summed E-state index contributed by atoms with van der Waals surface area (Å²) in [5, 5.41) is 63.5. The van der Waals surface area contributed by atoms with Crippen LogP contribution in [0.5, 0.6) is 0 Å². The molecule has 0 bridgehead atoms. The van der Waals surface area contributed by atoms with Crippen LogP contribution in [0.25, 0.3) is 0 Å². The third-order valence-electron chi connectivity index (χ3n) is 1.79. The van der Waals surface area contributed by atoms with Crippen LogP contribution in [0, 0.1) is 71.5 Å². The molecule has 0 aromatic heterocycles. The predicted octanol–water partition coefficient (Wildman–Crippen LogP) is -9.16. The number of rotatable bonds is 1. The maximum absolute atomic E-state index is 10.9. The Morgan fingerprint density at radius 1 is 0.684 bits per heavy atom. The minimum Gasteiger partial charge on any atom is 1.00 e. The maximum atomic E-state index is 10.9. The van der Waals surface area contributed by atoms with Crippen LogP contribution in [0.4, 0.5) is 0 Å². The van der Waals surface area contributed by atoms with E-state index < -0.39 is 13.8 Å². The van der Waals surface area contributed by atoms with Gasteiger partial charge in [-0.25, -0.2) is 0 Å². The summed E-state index contributed by atoms with van der Waals surface area (Å²) < 4.78 is -1.94. The molecule has 0 amide bonds. The van der Waals surface area contributed by atoms with Crippen molar-refractivity contribution in [2.24, 2.45) is 0 Å². The zero-order valence-electron chi connectivity index (χ0n) is 10.3. The monoisotopic (exact) mass is 327 g/mol. The molecule has 0 aliphatic heterocycles. The van der Waals surface area contributed by atoms with E-state index in [-0.39, 0.29) is 88.7 Å². The van der Waals surface area contributed by atoms with Crippen molar-refractivity contribution in [1.82, 2.24) is 0 Å². The molecule has 0 aromatic carbocycles. The predicted molar refractivity (Wildman–Crippen MR) is 40.7 cm³/mol. The number of nitrogens with zero attached hydrogens (tertiary/aromatic N) is 7. The molecule has 82 valence electrons. The molecule has 0 spiro atoms. The molecule has 0 fully saturated rings. The Morgan fingerprint density at radius 2 is 0.842 bits per heavy atom. The fourth-order valence-electron chi connectivity index (χ4n) is 0.438. The first-order valence-corrected chi connectivity index (χ1v) is 6.73. The van der Waals surface area contributed by atoms with E-state index in [2.05, 4.69) is 0 Å². The van der Waals surface area contributed by atoms with Crippen LogP contribution in [0.15, 0.2) is 0 Å². The minimum atomic E-state index is -8.25. The van der Waals surface area contributed by atoms with Gasteiger partial charge >= 0.3 is 174 Å². The first-order valence-electron chi connectivity index (χ1n) is 2.93. The SMILES string of the molecule is N#[C][Fe-3]([C]#N)([C]#N)([C]#N)([C]#N)([C]#N)[N+](=O)[O-].[Na+].[Na+].[Na+]. The molecular weight excluding hydrogens is 327 g/mol. The van der Waals surface area contributed by atoms with Crippen LogP contribution in [-0.2, 0) is 9.90 Å². The average molecular weight is 327 g/mol. The van der Waals surface area contributed by atoms with Gasteiger partial charge in [0.2, 0.25) is 0 Å². The largest absolute Gasteiger partial charge is 1.00 e. The minimum absolute atomic E-state index is 0. The van der Waals surface area contributed by atoms with Crippen molar-refractivity contribution >= 4 is 0 Å². The van der Waals surface area contributed by atoms with Gasteiger partial charge in [-0.15, -0.1) is 0 Å². The Morgan fingerprint density at radius 3 is 0.842 bits per heavy atom. The summed E-state index contributed by atoms with van der Waals surface area (Å²) in [4.78, 5) is 14.2. The molecular formula is C6FeN7Na3O2. The van der Waals surface area contributed by atoms with Crippen LogP contribution in [0.3, 0.4) is 0 Å². The molecule has 9 nitrogen and oxygen atoms in total. The van der Waals surface area contributed by atoms with Crippen molar-refractivity contribution in [2.75, 3.05) is 0 Å². The van der Waals surface area contributed by atoms with E-state index >= 15 is 0 Å². The first-order chi connectivity index (χ1) is 7.22. The van der Waals surface area contributed by atoms with E-state index in [0.717, 1.165) is 0 Å². The molecule has 0 aliphatic rings. The maximum Gasteiger partial charge on any atom is 1.00 e. The Labute approximate surface area is 171 Å². The van der Waals surface area contributed by atoms with Gasteiger partial charge in [0.25, 0.3) is 0 Å². The molecule has 0 saturated carbocycles. The fourth-order valence-corrected chi connectivity index (χ4v) is 1.81. The zero-order chi connectivity index (χ0) is 13.2. The molecule has 0 heterocycles. The van der Waals surface area contributed by atoms with Gasteiger partial charge in [0.05, 0.1) is 0 Å². The third-order valence-corrected chi connectivity index (χ3v) is 7.36. The van der Waals surface area contributed by atoms with E-state index in [1.165, 1.54) is 0 Å². The molecule has 0 atom stereocenters. The molecule has 0 aromatic rings. The van der Waals surface area contributed by atoms with Crippen molar-refractivity contribution in [1.29, 1.82) is 31.6 Å². The topological polar surface area (TPSA) is 186 Å². The van der Waals surface area contributed by atoms with Gasteiger partial charge in [-0.05, 0) is 0 Å². The summed E-state index contributed by atoms with van der Waals surface area (Å²) in [7, 11) is -8.25. The number of hydrogen-bond donors (Lipinski definition) is 0. The van der Waals surface area contributed by atoms with E-state index in [9.17, 15) is 10.1 Å². The van der Waals surface area contributed by atoms with Gasteiger partial charge in [0, 0.05) is 0 Å². The molecule has 19 heavy (non-hydrogen) atoms. The number of hydrogen-bond acceptors (Lipinski definition) is 8. The van der Waals surface area contributed by atoms with Crippen LogP contribution in [-0.4, -0.2) is 3.94 Å². The molecule has 13 heteroatoms. The van der Waals surface area contributed by atoms with Crippen LogP contribution in [0.1, 0.15) is 0 Å². The van der Waals surface area contributed by atoms with E-state index in [1.807, 2.05) is 0 Å². The number of nitro groups is 1. The molecule has 0 rings (SSSR count). The van der Waals surface area contributed by atoms with Gasteiger partial charge in [0.1, 0.15) is 0 Å². The van der Waals surface area contributed by atoms with Crippen LogP contribution >= 0.6 is 0 Å². The van der Waals surface area contributed by atoms with Gasteiger partial charge in [-0.3, -0.25) is 0 Å². The zero-order valence-corrected chi connectivity index (χ0v) is 17.4. The Bertz CT molecular complexity index is 564. The second kappa shape index (κ2) is 5.69. The summed E-state index contributed by atoms with van der Waals surface area (Å²) >= 11 is 0. The molecule has 0 N–H and O–H groups in total. The van der Waals surface area contributed by atoms with Crippen molar-refractivity contribution < 1.29 is 103 Å². The normalized spacial score (nSPS) is 13.1. The van der Waals surface area contributed by atoms with E-state index in [4.69, 9.17) is 31.6 Å². The summed E-state index contributed by atoms with van der Waals surface area (Å²) in [6, 6.07) is 0. The summed E-state index contributed by atoms with van der Waals surface area (Å²) in [5.74, 6) is 0.